The quantitative estimate of drug-likeness (QED) is 0.731. The molecule has 3 N–H and O–H groups in total. The summed E-state index contributed by atoms with van der Waals surface area (Å²) in [6, 6.07) is 6.82. The van der Waals surface area contributed by atoms with E-state index >= 15 is 0 Å². The minimum absolute atomic E-state index is 0.0704. The van der Waals surface area contributed by atoms with E-state index in [4.69, 9.17) is 0 Å². The minimum atomic E-state index is -0.365. The number of aryl methyl sites for hydroxylation is 1. The van der Waals surface area contributed by atoms with Crippen LogP contribution in [0.1, 0.15) is 16.1 Å². The second-order valence-corrected chi connectivity index (χ2v) is 4.59. The summed E-state index contributed by atoms with van der Waals surface area (Å²) in [7, 11) is 0. The Labute approximate surface area is 116 Å². The Balaban J connectivity index is 2.02. The highest BCUT2D eigenvalue weighted by Gasteiger charge is 2.05. The molecule has 2 rings (SSSR count). The van der Waals surface area contributed by atoms with Crippen molar-refractivity contribution in [2.75, 3.05) is 5.43 Å². The van der Waals surface area contributed by atoms with Gasteiger partial charge in [-0.3, -0.25) is 25.4 Å². The number of aromatic nitrogens is 3. The Morgan fingerprint density at radius 1 is 1.26 bits per heavy atom. The monoisotopic (exact) mass is 323 g/mol. The maximum absolute atomic E-state index is 11.8. The highest BCUT2D eigenvalue weighted by molar-refractivity contribution is 9.10. The van der Waals surface area contributed by atoms with Gasteiger partial charge in [-0.2, -0.15) is 0 Å². The van der Waals surface area contributed by atoms with E-state index in [1.807, 2.05) is 0 Å². The first-order chi connectivity index (χ1) is 9.06. The number of rotatable bonds is 3. The fourth-order valence-corrected chi connectivity index (χ4v) is 1.50. The predicted molar refractivity (Wildman–Crippen MR) is 72.6 cm³/mol. The average Bonchev–Trinajstić information content (AvgIpc) is 2.40. The summed E-state index contributed by atoms with van der Waals surface area (Å²) < 4.78 is 0.880. The van der Waals surface area contributed by atoms with Gasteiger partial charge in [-0.05, 0) is 31.2 Å². The number of halogens is 1. The standard InChI is InChI=1S/C11H10BrN5O2/c1-6-9(18)13-11(16-14-6)17-15-10(19)7-2-4-8(12)5-3-7/h2-5H,1H3,(H,15,19)(H2,13,16,17,18). The van der Waals surface area contributed by atoms with Gasteiger partial charge in [-0.1, -0.05) is 15.9 Å². The molecule has 0 saturated heterocycles. The van der Waals surface area contributed by atoms with E-state index in [9.17, 15) is 9.59 Å². The van der Waals surface area contributed by atoms with Gasteiger partial charge in [0.1, 0.15) is 5.69 Å². The number of hydrogen-bond acceptors (Lipinski definition) is 5. The third-order valence-electron chi connectivity index (χ3n) is 2.26. The molecule has 1 aromatic heterocycles. The van der Waals surface area contributed by atoms with Crippen LogP contribution in [0.4, 0.5) is 5.95 Å². The van der Waals surface area contributed by atoms with Crippen molar-refractivity contribution in [3.05, 3.63) is 50.3 Å². The molecule has 0 atom stereocenters. The van der Waals surface area contributed by atoms with Crippen LogP contribution in [0.15, 0.2) is 33.5 Å². The number of benzene rings is 1. The molecular weight excluding hydrogens is 314 g/mol. The van der Waals surface area contributed by atoms with Crippen LogP contribution in [0.2, 0.25) is 0 Å². The predicted octanol–water partition coefficient (Wildman–Crippen LogP) is 0.993. The first kappa shape index (κ1) is 13.2. The summed E-state index contributed by atoms with van der Waals surface area (Å²) in [4.78, 5) is 25.5. The number of nitrogens with zero attached hydrogens (tertiary/aromatic N) is 2. The number of H-pyrrole nitrogens is 1. The zero-order valence-corrected chi connectivity index (χ0v) is 11.5. The molecule has 8 heteroatoms. The van der Waals surface area contributed by atoms with E-state index < -0.39 is 0 Å². The molecule has 98 valence electrons. The highest BCUT2D eigenvalue weighted by atomic mass is 79.9. The second kappa shape index (κ2) is 5.61. The van der Waals surface area contributed by atoms with Gasteiger partial charge in [0.05, 0.1) is 0 Å². The van der Waals surface area contributed by atoms with Gasteiger partial charge in [0.2, 0.25) is 5.95 Å². The summed E-state index contributed by atoms with van der Waals surface area (Å²) in [5.74, 6) is -0.281. The molecular formula is C11H10BrN5O2. The van der Waals surface area contributed by atoms with Crippen molar-refractivity contribution >= 4 is 27.8 Å². The molecule has 2 aromatic rings. The number of hydrazine groups is 1. The molecule has 1 amide bonds. The van der Waals surface area contributed by atoms with Crippen molar-refractivity contribution in [2.45, 2.75) is 6.92 Å². The molecule has 1 aromatic carbocycles. The van der Waals surface area contributed by atoms with Gasteiger partial charge < -0.3 is 0 Å². The van der Waals surface area contributed by atoms with E-state index in [1.54, 1.807) is 24.3 Å². The number of hydrogen-bond donors (Lipinski definition) is 3. The summed E-state index contributed by atoms with van der Waals surface area (Å²) >= 11 is 3.28. The maximum Gasteiger partial charge on any atom is 0.274 e. The van der Waals surface area contributed by atoms with Gasteiger partial charge >= 0.3 is 0 Å². The van der Waals surface area contributed by atoms with Crippen molar-refractivity contribution in [1.29, 1.82) is 0 Å². The first-order valence-electron chi connectivity index (χ1n) is 5.32. The van der Waals surface area contributed by atoms with Crippen LogP contribution >= 0.6 is 15.9 Å². The van der Waals surface area contributed by atoms with Gasteiger partial charge in [0, 0.05) is 10.0 Å². The number of aromatic amines is 1. The van der Waals surface area contributed by atoms with Gasteiger partial charge in [0.15, 0.2) is 0 Å². The number of carbonyl (C=O) groups excluding carboxylic acids is 1. The SMILES string of the molecule is Cc1nnc(NNC(=O)c2ccc(Br)cc2)[nH]c1=O. The van der Waals surface area contributed by atoms with Gasteiger partial charge in [-0.25, -0.2) is 0 Å². The highest BCUT2D eigenvalue weighted by Crippen LogP contribution is 2.10. The third kappa shape index (κ3) is 3.38. The zero-order chi connectivity index (χ0) is 13.8. The van der Waals surface area contributed by atoms with Crippen LogP contribution in [0.5, 0.6) is 0 Å². The minimum Gasteiger partial charge on any atom is -0.288 e. The van der Waals surface area contributed by atoms with Crippen molar-refractivity contribution in [2.24, 2.45) is 0 Å². The molecule has 7 nitrogen and oxygen atoms in total. The van der Waals surface area contributed by atoms with Crippen LogP contribution < -0.4 is 16.4 Å². The lowest BCUT2D eigenvalue weighted by molar-refractivity contribution is 0.0962. The molecule has 0 aliphatic heterocycles. The summed E-state index contributed by atoms with van der Waals surface area (Å²) in [5.41, 5.74) is 5.25. The second-order valence-electron chi connectivity index (χ2n) is 3.67. The van der Waals surface area contributed by atoms with Crippen LogP contribution in [-0.4, -0.2) is 21.1 Å². The summed E-state index contributed by atoms with van der Waals surface area (Å²) in [6.07, 6.45) is 0. The fourth-order valence-electron chi connectivity index (χ4n) is 1.24. The lowest BCUT2D eigenvalue weighted by Gasteiger charge is -2.06. The third-order valence-corrected chi connectivity index (χ3v) is 2.79. The molecule has 1 heterocycles. The first-order valence-corrected chi connectivity index (χ1v) is 6.11. The van der Waals surface area contributed by atoms with Crippen LogP contribution in [0.25, 0.3) is 0 Å². The topological polar surface area (TPSA) is 99.8 Å². The van der Waals surface area contributed by atoms with E-state index in [2.05, 4.69) is 42.0 Å². The molecule has 0 fully saturated rings. The molecule has 0 radical (unpaired) electrons. The molecule has 0 unspecified atom stereocenters. The van der Waals surface area contributed by atoms with E-state index in [1.165, 1.54) is 6.92 Å². The summed E-state index contributed by atoms with van der Waals surface area (Å²) in [5, 5.41) is 7.31. The van der Waals surface area contributed by atoms with E-state index in [-0.39, 0.29) is 23.1 Å². The van der Waals surface area contributed by atoms with Crippen LogP contribution in [0, 0.1) is 6.92 Å². The van der Waals surface area contributed by atoms with E-state index in [0.29, 0.717) is 5.56 Å². The Hall–Kier alpha value is -2.22. The van der Waals surface area contributed by atoms with Gasteiger partial charge in [0.25, 0.3) is 11.5 Å². The number of carbonyl (C=O) groups is 1. The van der Waals surface area contributed by atoms with Gasteiger partial charge in [-0.15, -0.1) is 10.2 Å². The largest absolute Gasteiger partial charge is 0.288 e. The number of anilines is 1. The Morgan fingerprint density at radius 2 is 1.95 bits per heavy atom. The molecule has 19 heavy (non-hydrogen) atoms. The molecule has 0 aliphatic rings. The lowest BCUT2D eigenvalue weighted by Crippen LogP contribution is -2.31. The Morgan fingerprint density at radius 3 is 2.58 bits per heavy atom. The number of amides is 1. The average molecular weight is 324 g/mol. The molecule has 0 bridgehead atoms. The van der Waals surface area contributed by atoms with Crippen molar-refractivity contribution < 1.29 is 4.79 Å². The number of nitrogens with one attached hydrogen (secondary N) is 3. The molecule has 0 spiro atoms. The van der Waals surface area contributed by atoms with Crippen molar-refractivity contribution in [3.8, 4) is 0 Å². The van der Waals surface area contributed by atoms with Crippen LogP contribution in [0.3, 0.4) is 0 Å². The van der Waals surface area contributed by atoms with Crippen molar-refractivity contribution in [1.82, 2.24) is 20.6 Å². The Bertz CT molecular complexity index is 653. The van der Waals surface area contributed by atoms with Crippen LogP contribution in [-0.2, 0) is 0 Å². The Kier molecular flexibility index (Phi) is 3.91. The normalized spacial score (nSPS) is 10.0. The smallest absolute Gasteiger partial charge is 0.274 e. The lowest BCUT2D eigenvalue weighted by atomic mass is 10.2. The fraction of sp³-hybridized carbons (Fsp3) is 0.0909. The molecule has 0 aliphatic carbocycles. The molecule has 0 saturated carbocycles. The van der Waals surface area contributed by atoms with Crippen molar-refractivity contribution in [3.63, 3.8) is 0 Å². The zero-order valence-electron chi connectivity index (χ0n) is 9.90. The maximum atomic E-state index is 11.8. The summed E-state index contributed by atoms with van der Waals surface area (Å²) in [6.45, 7) is 1.54. The van der Waals surface area contributed by atoms with E-state index in [0.717, 1.165) is 4.47 Å².